The van der Waals surface area contributed by atoms with Crippen LogP contribution in [-0.4, -0.2) is 16.1 Å². The summed E-state index contributed by atoms with van der Waals surface area (Å²) in [7, 11) is 0. The number of carbonyl (C=O) groups excluding carboxylic acids is 1. The van der Waals surface area contributed by atoms with Gasteiger partial charge in [-0.05, 0) is 24.8 Å². The molecule has 1 aromatic heterocycles. The monoisotopic (exact) mass is 281 g/mol. The SMILES string of the molecule is O=C1C[C@H](Cc2ccccc2)c2c(n[nH]c2C2CCC2)N1. The molecule has 0 radical (unpaired) electrons. The highest BCUT2D eigenvalue weighted by Gasteiger charge is 2.34. The third-order valence-electron chi connectivity index (χ3n) is 4.77. The Balaban J connectivity index is 1.68. The number of nitrogens with zero attached hydrogens (tertiary/aromatic N) is 1. The molecule has 0 unspecified atom stereocenters. The van der Waals surface area contributed by atoms with Crippen molar-refractivity contribution in [2.75, 3.05) is 5.32 Å². The second kappa shape index (κ2) is 5.02. The number of benzene rings is 1. The van der Waals surface area contributed by atoms with E-state index in [9.17, 15) is 4.79 Å². The number of H-pyrrole nitrogens is 1. The summed E-state index contributed by atoms with van der Waals surface area (Å²) < 4.78 is 0. The predicted molar refractivity (Wildman–Crippen MR) is 81.3 cm³/mol. The highest BCUT2D eigenvalue weighted by atomic mass is 16.1. The van der Waals surface area contributed by atoms with Gasteiger partial charge in [-0.25, -0.2) is 0 Å². The van der Waals surface area contributed by atoms with Crippen molar-refractivity contribution in [3.63, 3.8) is 0 Å². The summed E-state index contributed by atoms with van der Waals surface area (Å²) in [5, 5.41) is 10.5. The van der Waals surface area contributed by atoms with Gasteiger partial charge in [0.15, 0.2) is 5.82 Å². The Morgan fingerprint density at radius 3 is 2.71 bits per heavy atom. The minimum atomic E-state index is 0.0788. The number of amides is 1. The lowest BCUT2D eigenvalue weighted by Crippen LogP contribution is -2.25. The van der Waals surface area contributed by atoms with Gasteiger partial charge in [-0.2, -0.15) is 5.10 Å². The molecular weight excluding hydrogens is 262 g/mol. The van der Waals surface area contributed by atoms with Crippen LogP contribution in [0.5, 0.6) is 0 Å². The Morgan fingerprint density at radius 1 is 1.19 bits per heavy atom. The largest absolute Gasteiger partial charge is 0.309 e. The Morgan fingerprint density at radius 2 is 2.00 bits per heavy atom. The molecule has 2 N–H and O–H groups in total. The van der Waals surface area contributed by atoms with Crippen LogP contribution in [0.4, 0.5) is 5.82 Å². The molecular formula is C17H19N3O. The lowest BCUT2D eigenvalue weighted by atomic mass is 9.77. The van der Waals surface area contributed by atoms with Gasteiger partial charge >= 0.3 is 0 Å². The smallest absolute Gasteiger partial charge is 0.226 e. The Hall–Kier alpha value is -2.10. The molecule has 2 aliphatic rings. The first-order valence-electron chi connectivity index (χ1n) is 7.73. The van der Waals surface area contributed by atoms with Gasteiger partial charge in [0.1, 0.15) is 0 Å². The average Bonchev–Trinajstić information content (AvgIpc) is 2.81. The summed E-state index contributed by atoms with van der Waals surface area (Å²) in [6, 6.07) is 10.4. The van der Waals surface area contributed by atoms with Gasteiger partial charge in [0.25, 0.3) is 0 Å². The molecule has 0 saturated heterocycles. The number of carbonyl (C=O) groups is 1. The van der Waals surface area contributed by atoms with Crippen molar-refractivity contribution in [3.05, 3.63) is 47.2 Å². The first-order chi connectivity index (χ1) is 10.3. The number of aromatic amines is 1. The van der Waals surface area contributed by atoms with Crippen LogP contribution < -0.4 is 5.32 Å². The number of hydrogen-bond acceptors (Lipinski definition) is 2. The zero-order valence-electron chi connectivity index (χ0n) is 11.9. The zero-order chi connectivity index (χ0) is 14.2. The van der Waals surface area contributed by atoms with E-state index < -0.39 is 0 Å². The fraction of sp³-hybridized carbons (Fsp3) is 0.412. The molecule has 1 atom stereocenters. The molecule has 0 spiro atoms. The van der Waals surface area contributed by atoms with Crippen molar-refractivity contribution in [2.24, 2.45) is 0 Å². The Kier molecular flexibility index (Phi) is 3.02. The van der Waals surface area contributed by atoms with Gasteiger partial charge in [-0.15, -0.1) is 0 Å². The quantitative estimate of drug-likeness (QED) is 0.906. The van der Waals surface area contributed by atoms with Crippen molar-refractivity contribution in [3.8, 4) is 0 Å². The van der Waals surface area contributed by atoms with Gasteiger partial charge in [-0.1, -0.05) is 36.8 Å². The van der Waals surface area contributed by atoms with Crippen molar-refractivity contribution >= 4 is 11.7 Å². The number of aromatic nitrogens is 2. The number of hydrogen-bond donors (Lipinski definition) is 2. The number of rotatable bonds is 3. The summed E-state index contributed by atoms with van der Waals surface area (Å²) in [5.41, 5.74) is 3.80. The van der Waals surface area contributed by atoms with Crippen LogP contribution in [0, 0.1) is 0 Å². The van der Waals surface area contributed by atoms with Crippen LogP contribution in [0.25, 0.3) is 0 Å². The van der Waals surface area contributed by atoms with Crippen molar-refractivity contribution in [1.82, 2.24) is 10.2 Å². The first-order valence-corrected chi connectivity index (χ1v) is 7.73. The molecule has 1 fully saturated rings. The molecule has 1 amide bonds. The van der Waals surface area contributed by atoms with Gasteiger partial charge in [0.05, 0.1) is 0 Å². The lowest BCUT2D eigenvalue weighted by molar-refractivity contribution is -0.116. The molecule has 1 aliphatic heterocycles. The topological polar surface area (TPSA) is 57.8 Å². The van der Waals surface area contributed by atoms with E-state index in [1.165, 1.54) is 36.1 Å². The molecule has 1 aromatic carbocycles. The molecule has 1 aliphatic carbocycles. The lowest BCUT2D eigenvalue weighted by Gasteiger charge is -2.29. The maximum atomic E-state index is 11.9. The third-order valence-corrected chi connectivity index (χ3v) is 4.77. The van der Waals surface area contributed by atoms with Crippen molar-refractivity contribution in [1.29, 1.82) is 0 Å². The first kappa shape index (κ1) is 12.6. The van der Waals surface area contributed by atoms with Crippen LogP contribution >= 0.6 is 0 Å². The normalized spacial score (nSPS) is 21.5. The molecule has 2 aromatic rings. The van der Waals surface area contributed by atoms with Crippen molar-refractivity contribution in [2.45, 2.75) is 43.9 Å². The molecule has 2 heterocycles. The van der Waals surface area contributed by atoms with Crippen LogP contribution in [0.1, 0.15) is 54.3 Å². The summed E-state index contributed by atoms with van der Waals surface area (Å²) >= 11 is 0. The summed E-state index contributed by atoms with van der Waals surface area (Å²) in [6.07, 6.45) is 5.23. The van der Waals surface area contributed by atoms with E-state index in [0.717, 1.165) is 12.2 Å². The number of anilines is 1. The van der Waals surface area contributed by atoms with Gasteiger partial charge < -0.3 is 5.32 Å². The van der Waals surface area contributed by atoms with Crippen LogP contribution in [0.3, 0.4) is 0 Å². The van der Waals surface area contributed by atoms with E-state index in [1.807, 2.05) is 6.07 Å². The van der Waals surface area contributed by atoms with Crippen LogP contribution in [-0.2, 0) is 11.2 Å². The van der Waals surface area contributed by atoms with E-state index in [2.05, 4.69) is 39.8 Å². The number of nitrogens with one attached hydrogen (secondary N) is 2. The summed E-state index contributed by atoms with van der Waals surface area (Å²) in [5.74, 6) is 1.68. The van der Waals surface area contributed by atoms with E-state index >= 15 is 0 Å². The molecule has 108 valence electrons. The average molecular weight is 281 g/mol. The predicted octanol–water partition coefficient (Wildman–Crippen LogP) is 3.35. The Labute approximate surface area is 124 Å². The number of fused-ring (bicyclic) bond motifs is 1. The standard InChI is InChI=1S/C17H19N3O/c21-14-10-13(9-11-5-2-1-3-6-11)15-16(12-7-4-8-12)19-20-17(15)18-14/h1-3,5-6,12-13H,4,7-10H2,(H2,18,19,20,21)/t13-/m0/s1. The minimum Gasteiger partial charge on any atom is -0.309 e. The van der Waals surface area contributed by atoms with Gasteiger partial charge in [0, 0.05) is 29.5 Å². The molecule has 4 rings (SSSR count). The molecule has 4 heteroatoms. The molecule has 0 bridgehead atoms. The summed E-state index contributed by atoms with van der Waals surface area (Å²) in [4.78, 5) is 11.9. The zero-order valence-corrected chi connectivity index (χ0v) is 11.9. The molecule has 21 heavy (non-hydrogen) atoms. The van der Waals surface area contributed by atoms with E-state index in [-0.39, 0.29) is 11.8 Å². The van der Waals surface area contributed by atoms with Gasteiger partial charge in [-0.3, -0.25) is 9.89 Å². The maximum absolute atomic E-state index is 11.9. The minimum absolute atomic E-state index is 0.0788. The third kappa shape index (κ3) is 2.24. The molecule has 1 saturated carbocycles. The van der Waals surface area contributed by atoms with Gasteiger partial charge in [0.2, 0.25) is 5.91 Å². The highest BCUT2D eigenvalue weighted by Crippen LogP contribution is 2.44. The highest BCUT2D eigenvalue weighted by molar-refractivity contribution is 5.93. The van der Waals surface area contributed by atoms with Crippen LogP contribution in [0.2, 0.25) is 0 Å². The fourth-order valence-electron chi connectivity index (χ4n) is 3.46. The van der Waals surface area contributed by atoms with E-state index in [4.69, 9.17) is 0 Å². The second-order valence-corrected chi connectivity index (χ2v) is 6.17. The maximum Gasteiger partial charge on any atom is 0.226 e. The van der Waals surface area contributed by atoms with E-state index in [1.54, 1.807) is 0 Å². The fourth-order valence-corrected chi connectivity index (χ4v) is 3.46. The summed E-state index contributed by atoms with van der Waals surface area (Å²) in [6.45, 7) is 0. The van der Waals surface area contributed by atoms with Crippen molar-refractivity contribution < 1.29 is 4.79 Å². The van der Waals surface area contributed by atoms with E-state index in [0.29, 0.717) is 12.3 Å². The Bertz CT molecular complexity index is 658. The van der Waals surface area contributed by atoms with Crippen LogP contribution in [0.15, 0.2) is 30.3 Å². The molecule has 4 nitrogen and oxygen atoms in total. The second-order valence-electron chi connectivity index (χ2n) is 6.17.